The number of nitrogens with zero attached hydrogens (tertiary/aromatic N) is 3. The summed E-state index contributed by atoms with van der Waals surface area (Å²) in [5.74, 6) is -1.02. The zero-order valence-corrected chi connectivity index (χ0v) is 52.1. The molecule has 0 spiro atoms. The fourth-order valence-electron chi connectivity index (χ4n) is 11.9. The highest BCUT2D eigenvalue weighted by Gasteiger charge is 2.47. The summed E-state index contributed by atoms with van der Waals surface area (Å²) in [5.41, 5.74) is 7.34. The first-order valence-electron chi connectivity index (χ1n) is 28.1. The van der Waals surface area contributed by atoms with Crippen molar-refractivity contribution in [1.82, 2.24) is 4.90 Å². The van der Waals surface area contributed by atoms with E-state index in [0.29, 0.717) is 87.1 Å². The van der Waals surface area contributed by atoms with Crippen LogP contribution in [0.5, 0.6) is 17.2 Å². The van der Waals surface area contributed by atoms with E-state index in [4.69, 9.17) is 14.2 Å². The minimum absolute atomic E-state index is 0.0201. The van der Waals surface area contributed by atoms with Crippen LogP contribution in [0.1, 0.15) is 106 Å². The molecule has 1 fully saturated rings. The van der Waals surface area contributed by atoms with E-state index in [1.54, 1.807) is 61.7 Å². The van der Waals surface area contributed by atoms with Crippen molar-refractivity contribution in [2.75, 3.05) is 52.6 Å². The van der Waals surface area contributed by atoms with E-state index in [0.717, 1.165) is 21.7 Å². The Morgan fingerprint density at radius 3 is 2.10 bits per heavy atom. The highest BCUT2D eigenvalue weighted by Crippen LogP contribution is 2.44. The van der Waals surface area contributed by atoms with Gasteiger partial charge in [-0.2, -0.15) is 28.6 Å². The molecule has 0 saturated carbocycles. The normalized spacial score (nSPS) is 19.3. The molecule has 5 atom stereocenters. The Hall–Kier alpha value is -6.61. The molecular formula is C61H67N5O15S5. The average molecular weight is 1270 g/mol. The van der Waals surface area contributed by atoms with Crippen molar-refractivity contribution >= 4 is 112 Å². The van der Waals surface area contributed by atoms with Gasteiger partial charge in [0.05, 0.1) is 35.7 Å². The number of Topliss-reactive ketones (excluding diaryl/α,β-unsaturated/α-hetero) is 1. The third-order valence-corrected chi connectivity index (χ3v) is 23.1. The van der Waals surface area contributed by atoms with Crippen LogP contribution in [-0.4, -0.2) is 131 Å². The Labute approximate surface area is 512 Å². The summed E-state index contributed by atoms with van der Waals surface area (Å²) in [4.78, 5) is 84.7. The molecule has 10 rings (SSSR count). The molecule has 5 heterocycles. The number of carbonyl (C=O) groups is 6. The number of para-hydroxylation sites is 2. The van der Waals surface area contributed by atoms with Crippen molar-refractivity contribution in [2.24, 2.45) is 0 Å². The number of fused-ring (bicyclic) bond motifs is 8. The number of methoxy groups -OCH3 is 1. The molecule has 5 aliphatic rings. The van der Waals surface area contributed by atoms with Crippen molar-refractivity contribution in [3.63, 3.8) is 0 Å². The van der Waals surface area contributed by atoms with Gasteiger partial charge in [-0.05, 0) is 147 Å². The molecule has 5 aromatic carbocycles. The number of rotatable bonds is 24. The van der Waals surface area contributed by atoms with Gasteiger partial charge in [0.15, 0.2) is 17.3 Å². The fraction of sp³-hybridized carbons (Fsp3) is 0.410. The molecule has 5 unspecified atom stereocenters. The number of carbonyl (C=O) groups excluding carboxylic acids is 6. The lowest BCUT2D eigenvalue weighted by Crippen LogP contribution is -2.47. The molecule has 0 radical (unpaired) electrons. The van der Waals surface area contributed by atoms with Crippen LogP contribution in [0.25, 0.3) is 0 Å². The van der Waals surface area contributed by atoms with Gasteiger partial charge in [0.1, 0.15) is 29.5 Å². The van der Waals surface area contributed by atoms with E-state index in [2.05, 4.69) is 10.6 Å². The maximum Gasteiger partial charge on any atom is 0.275 e. The smallest absolute Gasteiger partial charge is 0.275 e. The Balaban J connectivity index is 0.828. The standard InChI is InChI=1S/C61H67N5O15S5/c1-35-21-43-40(28-55(86(76,77)78)48-26-39-12-7-9-14-47(39)66(48)58(43)70)27-50(35)80-33-36-22-37(34-81-52-30-45-44(29-51(52)79-4)59(71)65-42(32-62-45)25-38-11-6-8-13-46(38)65)24-41(23-36)63-56(68)16-18-61(2,3)84-83-20-17-54(85(73,74)75)49(67)15-10-19-64-57(69)31-53(82-5)60(64)72/h6-9,11-14,21-24,27,29-30,42,48,53-55,62H,10,15-20,25-26,28,31-34H2,1-5H3,(H,63,68)(H,73,74,75)(H,76,77,78). The number of hydrogen-bond donors (Lipinski definition) is 4. The lowest BCUT2D eigenvalue weighted by Gasteiger charge is -2.27. The van der Waals surface area contributed by atoms with Gasteiger partial charge < -0.3 is 34.6 Å². The van der Waals surface area contributed by atoms with Crippen LogP contribution in [0, 0.1) is 6.92 Å². The zero-order valence-electron chi connectivity index (χ0n) is 48.0. The first kappa shape index (κ1) is 62.4. The largest absolute Gasteiger partial charge is 0.493 e. The van der Waals surface area contributed by atoms with Crippen molar-refractivity contribution < 1.29 is 68.9 Å². The van der Waals surface area contributed by atoms with Gasteiger partial charge >= 0.3 is 0 Å². The number of ketones is 1. The van der Waals surface area contributed by atoms with Crippen molar-refractivity contribution in [1.29, 1.82) is 0 Å². The van der Waals surface area contributed by atoms with Crippen LogP contribution in [-0.2, 0) is 71.9 Å². The molecule has 1 saturated heterocycles. The maximum atomic E-state index is 14.3. The second-order valence-corrected chi connectivity index (χ2v) is 30.1. The topological polar surface area (TPSA) is 273 Å². The summed E-state index contributed by atoms with van der Waals surface area (Å²) >= 11 is 1.27. The number of aryl methyl sites for hydroxylation is 1. The molecule has 5 aromatic rings. The highest BCUT2D eigenvalue weighted by atomic mass is 33.1. The van der Waals surface area contributed by atoms with Gasteiger partial charge in [-0.25, -0.2) is 0 Å². The molecule has 86 heavy (non-hydrogen) atoms. The van der Waals surface area contributed by atoms with E-state index in [1.165, 1.54) is 45.4 Å². The van der Waals surface area contributed by atoms with E-state index in [-0.39, 0.29) is 106 Å². The molecule has 20 nitrogen and oxygen atoms in total. The maximum absolute atomic E-state index is 14.3. The molecule has 5 amide bonds. The number of likely N-dealkylation sites (tertiary alicyclic amines) is 1. The number of hydrogen-bond acceptors (Lipinski definition) is 17. The van der Waals surface area contributed by atoms with Crippen molar-refractivity contribution in [3.05, 3.63) is 136 Å². The van der Waals surface area contributed by atoms with Crippen LogP contribution in [0.15, 0.2) is 91.0 Å². The first-order valence-corrected chi connectivity index (χ1v) is 34.8. The van der Waals surface area contributed by atoms with Gasteiger partial charge in [-0.15, -0.1) is 0 Å². The molecule has 0 bridgehead atoms. The minimum atomic E-state index is -4.75. The Morgan fingerprint density at radius 1 is 0.779 bits per heavy atom. The lowest BCUT2D eigenvalue weighted by atomic mass is 9.97. The lowest BCUT2D eigenvalue weighted by molar-refractivity contribution is -0.138. The van der Waals surface area contributed by atoms with Crippen LogP contribution < -0.4 is 34.6 Å². The Bertz CT molecular complexity index is 3770. The number of nitrogens with one attached hydrogen (secondary N) is 2. The van der Waals surface area contributed by atoms with E-state index < -0.39 is 52.6 Å². The molecule has 25 heteroatoms. The SMILES string of the molecule is COc1cc2c(cc1OCc1cc(COc3cc4c(cc3C)C(=O)N3c5ccccc5CC3C(S(=O)(=O)O)C4)cc(NC(=O)CCC(C)(C)SSCCC(C(=O)CCCN3C(=O)CC(SC)C3=O)S(=O)(=O)O)c1)NCC1Cc3ccccc3N1C2=O. The third kappa shape index (κ3) is 13.6. The second kappa shape index (κ2) is 25.6. The van der Waals surface area contributed by atoms with E-state index in [1.807, 2.05) is 61.2 Å². The van der Waals surface area contributed by atoms with Crippen molar-refractivity contribution in [3.8, 4) is 17.2 Å². The highest BCUT2D eigenvalue weighted by molar-refractivity contribution is 8.77. The van der Waals surface area contributed by atoms with Gasteiger partial charge in [0.2, 0.25) is 17.7 Å². The van der Waals surface area contributed by atoms with E-state index >= 15 is 0 Å². The predicted octanol–water partition coefficient (Wildman–Crippen LogP) is 8.91. The Kier molecular flexibility index (Phi) is 18.6. The number of anilines is 4. The van der Waals surface area contributed by atoms with Crippen LogP contribution in [0.3, 0.4) is 0 Å². The quantitative estimate of drug-likeness (QED) is 0.0194. The van der Waals surface area contributed by atoms with Gasteiger partial charge in [0, 0.05) is 71.5 Å². The van der Waals surface area contributed by atoms with Crippen LogP contribution in [0.4, 0.5) is 22.7 Å². The number of imide groups is 1. The van der Waals surface area contributed by atoms with Crippen LogP contribution in [0.2, 0.25) is 0 Å². The molecule has 0 aliphatic carbocycles. The van der Waals surface area contributed by atoms with Crippen molar-refractivity contribution in [2.45, 2.75) is 124 Å². The van der Waals surface area contributed by atoms with Crippen LogP contribution >= 0.6 is 33.3 Å². The molecular weight excluding hydrogens is 1200 g/mol. The summed E-state index contributed by atoms with van der Waals surface area (Å²) in [6.45, 7) is 6.05. The fourth-order valence-corrected chi connectivity index (χ4v) is 17.2. The molecule has 5 aliphatic heterocycles. The predicted molar refractivity (Wildman–Crippen MR) is 333 cm³/mol. The number of thioether (sulfide) groups is 1. The third-order valence-electron chi connectivity index (χ3n) is 16.3. The Morgan fingerprint density at radius 2 is 1.44 bits per heavy atom. The molecule has 0 aromatic heterocycles. The molecule has 4 N–H and O–H groups in total. The summed E-state index contributed by atoms with van der Waals surface area (Å²) in [5, 5.41) is 3.01. The number of benzene rings is 5. The number of amides is 5. The minimum Gasteiger partial charge on any atom is -0.493 e. The summed E-state index contributed by atoms with van der Waals surface area (Å²) in [6.07, 6.45) is 2.72. The monoisotopic (exact) mass is 1270 g/mol. The van der Waals surface area contributed by atoms with E-state index in [9.17, 15) is 54.7 Å². The molecule has 456 valence electrons. The second-order valence-electron chi connectivity index (χ2n) is 22.7. The summed E-state index contributed by atoms with van der Waals surface area (Å²) in [7, 11) is -5.19. The first-order chi connectivity index (χ1) is 40.9. The summed E-state index contributed by atoms with van der Waals surface area (Å²) < 4.78 is 89.6. The van der Waals surface area contributed by atoms with Gasteiger partial charge in [-0.1, -0.05) is 58.0 Å². The van der Waals surface area contributed by atoms with Gasteiger partial charge in [-0.3, -0.25) is 42.8 Å². The van der Waals surface area contributed by atoms with Gasteiger partial charge in [0.25, 0.3) is 32.1 Å². The zero-order chi connectivity index (χ0) is 61.4. The number of ether oxygens (including phenoxy) is 3. The average Bonchev–Trinajstić information content (AvgIpc) is 1.94. The summed E-state index contributed by atoms with van der Waals surface area (Å²) in [6, 6.07) is 26.3.